The molecule has 0 saturated heterocycles. The van der Waals surface area contributed by atoms with Crippen molar-refractivity contribution in [2.45, 2.75) is 84.6 Å². The van der Waals surface area contributed by atoms with E-state index in [0.717, 1.165) is 19.8 Å². The summed E-state index contributed by atoms with van der Waals surface area (Å²) in [5.41, 5.74) is 0. The molecule has 18 heavy (non-hydrogen) atoms. The number of hydrogen-bond donors (Lipinski definition) is 1. The van der Waals surface area contributed by atoms with E-state index in [2.05, 4.69) is 26.1 Å². The average Bonchev–Trinajstić information content (AvgIpc) is 2.34. The lowest BCUT2D eigenvalue weighted by Gasteiger charge is -2.07. The van der Waals surface area contributed by atoms with Gasteiger partial charge in [-0.3, -0.25) is 0 Å². The fourth-order valence-electron chi connectivity index (χ4n) is 1.98. The van der Waals surface area contributed by atoms with Gasteiger partial charge in [-0.1, -0.05) is 52.9 Å². The Morgan fingerprint density at radius 1 is 0.778 bits per heavy atom. The number of nitrogens with one attached hydrogen (secondary N) is 1. The lowest BCUT2D eigenvalue weighted by atomic mass is 10.1. The highest BCUT2D eigenvalue weighted by atomic mass is 16.5. The van der Waals surface area contributed by atoms with Crippen LogP contribution in [0.2, 0.25) is 0 Å². The first-order valence-corrected chi connectivity index (χ1v) is 8.08. The van der Waals surface area contributed by atoms with Crippen molar-refractivity contribution in [1.29, 1.82) is 0 Å². The Labute approximate surface area is 115 Å². The molecular formula is C16H35NO. The lowest BCUT2D eigenvalue weighted by Crippen LogP contribution is -2.23. The van der Waals surface area contributed by atoms with Crippen molar-refractivity contribution in [3.05, 3.63) is 0 Å². The molecule has 0 rings (SSSR count). The van der Waals surface area contributed by atoms with E-state index in [0.29, 0.717) is 6.04 Å². The van der Waals surface area contributed by atoms with E-state index in [1.54, 1.807) is 0 Å². The summed E-state index contributed by atoms with van der Waals surface area (Å²) in [6.45, 7) is 9.73. The molecular weight excluding hydrogens is 222 g/mol. The topological polar surface area (TPSA) is 21.3 Å². The zero-order valence-electron chi connectivity index (χ0n) is 13.0. The van der Waals surface area contributed by atoms with Crippen molar-refractivity contribution in [1.82, 2.24) is 5.32 Å². The first-order chi connectivity index (χ1) is 8.77. The molecule has 1 N–H and O–H groups in total. The molecule has 0 radical (unpaired) electrons. The molecule has 0 aliphatic rings. The molecule has 0 aromatic carbocycles. The number of ether oxygens (including phenoxy) is 1. The van der Waals surface area contributed by atoms with Crippen LogP contribution in [0.3, 0.4) is 0 Å². The molecule has 0 amide bonds. The van der Waals surface area contributed by atoms with Crippen LogP contribution in [0.15, 0.2) is 0 Å². The van der Waals surface area contributed by atoms with Gasteiger partial charge in [0.05, 0.1) is 0 Å². The van der Waals surface area contributed by atoms with Crippen molar-refractivity contribution >= 4 is 0 Å². The monoisotopic (exact) mass is 257 g/mol. The van der Waals surface area contributed by atoms with E-state index in [1.165, 1.54) is 57.8 Å². The third-order valence-corrected chi connectivity index (χ3v) is 3.16. The summed E-state index contributed by atoms with van der Waals surface area (Å²) in [6, 6.07) is 0.619. The van der Waals surface area contributed by atoms with Gasteiger partial charge in [0.2, 0.25) is 0 Å². The molecule has 0 spiro atoms. The molecule has 0 heterocycles. The first kappa shape index (κ1) is 17.9. The van der Waals surface area contributed by atoms with Crippen LogP contribution in [0.4, 0.5) is 0 Å². The third-order valence-electron chi connectivity index (χ3n) is 3.16. The molecule has 0 atom stereocenters. The maximum Gasteiger partial charge on any atom is 0.0466 e. The average molecular weight is 257 g/mol. The highest BCUT2D eigenvalue weighted by Crippen LogP contribution is 2.05. The second kappa shape index (κ2) is 15.0. The molecule has 0 aromatic rings. The second-order valence-corrected chi connectivity index (χ2v) is 5.55. The highest BCUT2D eigenvalue weighted by Gasteiger charge is 1.94. The summed E-state index contributed by atoms with van der Waals surface area (Å²) in [4.78, 5) is 0. The van der Waals surface area contributed by atoms with Gasteiger partial charge in [-0.15, -0.1) is 0 Å². The minimum atomic E-state index is 0.619. The molecule has 0 fully saturated rings. The second-order valence-electron chi connectivity index (χ2n) is 5.55. The maximum atomic E-state index is 5.65. The Bertz CT molecular complexity index is 148. The van der Waals surface area contributed by atoms with Gasteiger partial charge in [-0.25, -0.2) is 0 Å². The van der Waals surface area contributed by atoms with Crippen LogP contribution >= 0.6 is 0 Å². The van der Waals surface area contributed by atoms with E-state index in [-0.39, 0.29) is 0 Å². The molecule has 110 valence electrons. The molecule has 0 unspecified atom stereocenters. The zero-order chi connectivity index (χ0) is 13.5. The van der Waals surface area contributed by atoms with Crippen LogP contribution < -0.4 is 5.32 Å². The van der Waals surface area contributed by atoms with Gasteiger partial charge in [-0.05, 0) is 32.2 Å². The van der Waals surface area contributed by atoms with E-state index >= 15 is 0 Å². The summed E-state index contributed by atoms with van der Waals surface area (Å²) in [5.74, 6) is 0. The van der Waals surface area contributed by atoms with Gasteiger partial charge >= 0.3 is 0 Å². The molecule has 0 aromatic heterocycles. The molecule has 0 saturated carbocycles. The zero-order valence-corrected chi connectivity index (χ0v) is 13.0. The van der Waals surface area contributed by atoms with Crippen LogP contribution in [-0.2, 0) is 4.74 Å². The van der Waals surface area contributed by atoms with Crippen LogP contribution in [0, 0.1) is 0 Å². The summed E-state index contributed by atoms with van der Waals surface area (Å²) in [5, 5.41) is 3.44. The van der Waals surface area contributed by atoms with Crippen molar-refractivity contribution in [2.24, 2.45) is 0 Å². The lowest BCUT2D eigenvalue weighted by molar-refractivity contribution is 0.126. The minimum Gasteiger partial charge on any atom is -0.381 e. The van der Waals surface area contributed by atoms with Gasteiger partial charge in [-0.2, -0.15) is 0 Å². The largest absolute Gasteiger partial charge is 0.381 e. The van der Waals surface area contributed by atoms with Gasteiger partial charge in [0, 0.05) is 19.3 Å². The summed E-state index contributed by atoms with van der Waals surface area (Å²) in [6.07, 6.45) is 11.9. The number of unbranched alkanes of at least 4 members (excludes halogenated alkanes) is 7. The van der Waals surface area contributed by atoms with E-state index in [9.17, 15) is 0 Å². The third kappa shape index (κ3) is 15.9. The molecule has 2 nitrogen and oxygen atoms in total. The van der Waals surface area contributed by atoms with Crippen LogP contribution in [-0.4, -0.2) is 25.8 Å². The Balaban J connectivity index is 2.90. The van der Waals surface area contributed by atoms with E-state index < -0.39 is 0 Å². The summed E-state index contributed by atoms with van der Waals surface area (Å²) >= 11 is 0. The predicted octanol–water partition coefficient (Wildman–Crippen LogP) is 4.53. The van der Waals surface area contributed by atoms with Crippen LogP contribution in [0.5, 0.6) is 0 Å². The molecule has 0 bridgehead atoms. The van der Waals surface area contributed by atoms with Gasteiger partial charge < -0.3 is 10.1 Å². The van der Waals surface area contributed by atoms with Gasteiger partial charge in [0.15, 0.2) is 0 Å². The summed E-state index contributed by atoms with van der Waals surface area (Å²) in [7, 11) is 0. The quantitative estimate of drug-likeness (QED) is 0.462. The molecule has 0 aliphatic heterocycles. The van der Waals surface area contributed by atoms with Crippen molar-refractivity contribution in [2.75, 3.05) is 19.8 Å². The smallest absolute Gasteiger partial charge is 0.0466 e. The minimum absolute atomic E-state index is 0.619. The highest BCUT2D eigenvalue weighted by molar-refractivity contribution is 4.52. The maximum absolute atomic E-state index is 5.65. The Morgan fingerprint density at radius 3 is 1.94 bits per heavy atom. The summed E-state index contributed by atoms with van der Waals surface area (Å²) < 4.78 is 5.65. The predicted molar refractivity (Wildman–Crippen MR) is 81.2 cm³/mol. The van der Waals surface area contributed by atoms with E-state index in [1.807, 2.05) is 0 Å². The van der Waals surface area contributed by atoms with Crippen molar-refractivity contribution in [3.63, 3.8) is 0 Å². The normalized spacial score (nSPS) is 11.3. The van der Waals surface area contributed by atoms with Crippen molar-refractivity contribution in [3.8, 4) is 0 Å². The van der Waals surface area contributed by atoms with Crippen molar-refractivity contribution < 1.29 is 4.74 Å². The SMILES string of the molecule is CCCCCCCCOCCCCCNC(C)C. The Morgan fingerprint density at radius 2 is 1.33 bits per heavy atom. The first-order valence-electron chi connectivity index (χ1n) is 8.08. The number of rotatable bonds is 14. The Kier molecular flexibility index (Phi) is 14.9. The van der Waals surface area contributed by atoms with Gasteiger partial charge in [0.1, 0.15) is 0 Å². The fraction of sp³-hybridized carbons (Fsp3) is 1.00. The van der Waals surface area contributed by atoms with E-state index in [4.69, 9.17) is 4.74 Å². The van der Waals surface area contributed by atoms with Crippen LogP contribution in [0.1, 0.15) is 78.6 Å². The fourth-order valence-corrected chi connectivity index (χ4v) is 1.98. The molecule has 2 heteroatoms. The van der Waals surface area contributed by atoms with Crippen LogP contribution in [0.25, 0.3) is 0 Å². The van der Waals surface area contributed by atoms with Gasteiger partial charge in [0.25, 0.3) is 0 Å². The molecule has 0 aliphatic carbocycles. The standard InChI is InChI=1S/C16H35NO/c1-4-5-6-7-8-11-14-18-15-12-9-10-13-17-16(2)3/h16-17H,4-15H2,1-3H3. The number of hydrogen-bond acceptors (Lipinski definition) is 2. The Hall–Kier alpha value is -0.0800.